The lowest BCUT2D eigenvalue weighted by Gasteiger charge is -2.43. The third-order valence-corrected chi connectivity index (χ3v) is 4.65. The molecule has 1 saturated heterocycles. The summed E-state index contributed by atoms with van der Waals surface area (Å²) in [6.45, 7) is 8.34. The molecule has 1 aliphatic carbocycles. The molecule has 1 unspecified atom stereocenters. The fraction of sp³-hybridized carbons (Fsp3) is 0.800. The highest BCUT2D eigenvalue weighted by Crippen LogP contribution is 2.33. The highest BCUT2D eigenvalue weighted by Gasteiger charge is 2.34. The summed E-state index contributed by atoms with van der Waals surface area (Å²) in [5.41, 5.74) is 0.811. The van der Waals surface area contributed by atoms with Gasteiger partial charge in [0.15, 0.2) is 0 Å². The van der Waals surface area contributed by atoms with E-state index in [0.717, 1.165) is 18.4 Å². The first kappa shape index (κ1) is 12.7. The lowest BCUT2D eigenvalue weighted by Crippen LogP contribution is -2.51. The number of nitrogens with zero attached hydrogens (tertiary/aromatic N) is 1. The molecule has 0 aromatic carbocycles. The Hall–Kier alpha value is -0.790. The Bertz CT molecular complexity index is 304. The maximum atomic E-state index is 12.2. The van der Waals surface area contributed by atoms with Gasteiger partial charge >= 0.3 is 0 Å². The van der Waals surface area contributed by atoms with Gasteiger partial charge in [-0.25, -0.2) is 0 Å². The zero-order valence-electron chi connectivity index (χ0n) is 11.2. The molecule has 96 valence electrons. The van der Waals surface area contributed by atoms with Gasteiger partial charge in [0.25, 0.3) is 0 Å². The molecule has 1 saturated carbocycles. The highest BCUT2D eigenvalue weighted by molar-refractivity contribution is 5.94. The third-order valence-electron chi connectivity index (χ3n) is 4.65. The molecule has 0 N–H and O–H groups in total. The van der Waals surface area contributed by atoms with Crippen LogP contribution in [0.15, 0.2) is 12.2 Å². The van der Waals surface area contributed by atoms with Gasteiger partial charge in [-0.15, -0.1) is 0 Å². The molecule has 2 atom stereocenters. The van der Waals surface area contributed by atoms with Crippen molar-refractivity contribution in [2.45, 2.75) is 70.9 Å². The van der Waals surface area contributed by atoms with Crippen molar-refractivity contribution in [2.75, 3.05) is 0 Å². The average Bonchev–Trinajstić information content (AvgIpc) is 2.35. The quantitative estimate of drug-likeness (QED) is 0.671. The summed E-state index contributed by atoms with van der Waals surface area (Å²) in [6, 6.07) is 0.791. The van der Waals surface area contributed by atoms with E-state index in [4.69, 9.17) is 0 Å². The van der Waals surface area contributed by atoms with E-state index in [1.807, 2.05) is 0 Å². The van der Waals surface area contributed by atoms with E-state index in [1.54, 1.807) is 0 Å². The number of hydrogen-bond acceptors (Lipinski definition) is 1. The molecule has 2 heteroatoms. The van der Waals surface area contributed by atoms with Crippen molar-refractivity contribution in [3.63, 3.8) is 0 Å². The summed E-state index contributed by atoms with van der Waals surface area (Å²) in [5, 5.41) is 0. The van der Waals surface area contributed by atoms with E-state index in [-0.39, 0.29) is 5.91 Å². The first-order chi connectivity index (χ1) is 8.11. The molecule has 2 nitrogen and oxygen atoms in total. The maximum Gasteiger partial charge on any atom is 0.249 e. The number of amides is 1. The van der Waals surface area contributed by atoms with Gasteiger partial charge in [-0.1, -0.05) is 25.8 Å². The van der Waals surface area contributed by atoms with Crippen LogP contribution in [0.4, 0.5) is 0 Å². The summed E-state index contributed by atoms with van der Waals surface area (Å²) in [5.74, 6) is 0.919. The molecule has 17 heavy (non-hydrogen) atoms. The van der Waals surface area contributed by atoms with Crippen LogP contribution < -0.4 is 0 Å². The average molecular weight is 235 g/mol. The Morgan fingerprint density at radius 2 is 1.88 bits per heavy atom. The van der Waals surface area contributed by atoms with Gasteiger partial charge in [0.2, 0.25) is 5.91 Å². The minimum absolute atomic E-state index is 0.210. The molecule has 2 fully saturated rings. The fourth-order valence-electron chi connectivity index (χ4n) is 3.44. The van der Waals surface area contributed by atoms with E-state index < -0.39 is 0 Å². The normalized spacial score (nSPS) is 29.5. The summed E-state index contributed by atoms with van der Waals surface area (Å²) in [6.07, 6.45) is 8.61. The Balaban J connectivity index is 2.07. The van der Waals surface area contributed by atoms with Gasteiger partial charge in [0, 0.05) is 17.7 Å². The first-order valence-electron chi connectivity index (χ1n) is 7.11. The molecule has 0 radical (unpaired) electrons. The van der Waals surface area contributed by atoms with Crippen molar-refractivity contribution >= 4 is 5.91 Å². The second kappa shape index (κ2) is 5.24. The van der Waals surface area contributed by atoms with Crippen molar-refractivity contribution in [3.8, 4) is 0 Å². The fourth-order valence-corrected chi connectivity index (χ4v) is 3.44. The minimum Gasteiger partial charge on any atom is -0.333 e. The number of piperidine rings is 1. The van der Waals surface area contributed by atoms with Crippen molar-refractivity contribution in [1.29, 1.82) is 0 Å². The molecule has 1 heterocycles. The first-order valence-corrected chi connectivity index (χ1v) is 7.11. The SMILES string of the molecule is C=C1CCC(C)N([C@H](C)C2CCCCC2)C1=O. The van der Waals surface area contributed by atoms with Gasteiger partial charge in [0.1, 0.15) is 0 Å². The molecular formula is C15H25NO. The molecule has 1 aliphatic heterocycles. The standard InChI is InChI=1S/C15H25NO/c1-11-9-10-12(2)16(15(11)17)13(3)14-7-5-4-6-8-14/h12-14H,1,4-10H2,2-3H3/t12?,13-/m1/s1. The van der Waals surface area contributed by atoms with Crippen LogP contribution in [-0.2, 0) is 4.79 Å². The van der Waals surface area contributed by atoms with Gasteiger partial charge in [-0.3, -0.25) is 4.79 Å². The third kappa shape index (κ3) is 2.56. The molecule has 1 amide bonds. The van der Waals surface area contributed by atoms with E-state index in [2.05, 4.69) is 25.3 Å². The smallest absolute Gasteiger partial charge is 0.249 e. The zero-order valence-corrected chi connectivity index (χ0v) is 11.2. The topological polar surface area (TPSA) is 20.3 Å². The van der Waals surface area contributed by atoms with Crippen LogP contribution in [0.2, 0.25) is 0 Å². The Morgan fingerprint density at radius 1 is 1.24 bits per heavy atom. The number of carbonyl (C=O) groups is 1. The van der Waals surface area contributed by atoms with Crippen LogP contribution in [0.1, 0.15) is 58.8 Å². The lowest BCUT2D eigenvalue weighted by atomic mass is 9.82. The summed E-state index contributed by atoms with van der Waals surface area (Å²) in [7, 11) is 0. The van der Waals surface area contributed by atoms with Gasteiger partial charge in [0.05, 0.1) is 0 Å². The number of rotatable bonds is 2. The molecular weight excluding hydrogens is 210 g/mol. The predicted molar refractivity (Wildman–Crippen MR) is 70.7 cm³/mol. The molecule has 0 bridgehead atoms. The van der Waals surface area contributed by atoms with Gasteiger partial charge in [-0.05, 0) is 45.4 Å². The summed E-state index contributed by atoms with van der Waals surface area (Å²) in [4.78, 5) is 14.4. The summed E-state index contributed by atoms with van der Waals surface area (Å²) < 4.78 is 0. The van der Waals surface area contributed by atoms with Crippen LogP contribution in [0.3, 0.4) is 0 Å². The largest absolute Gasteiger partial charge is 0.333 e. The number of hydrogen-bond donors (Lipinski definition) is 0. The van der Waals surface area contributed by atoms with Crippen LogP contribution >= 0.6 is 0 Å². The van der Waals surface area contributed by atoms with E-state index >= 15 is 0 Å². The number of likely N-dealkylation sites (tertiary alicyclic amines) is 1. The second-order valence-electron chi connectivity index (χ2n) is 5.84. The van der Waals surface area contributed by atoms with Crippen LogP contribution in [0.25, 0.3) is 0 Å². The van der Waals surface area contributed by atoms with Crippen molar-refractivity contribution in [3.05, 3.63) is 12.2 Å². The zero-order chi connectivity index (χ0) is 12.4. The monoisotopic (exact) mass is 235 g/mol. The van der Waals surface area contributed by atoms with E-state index in [9.17, 15) is 4.79 Å². The molecule has 0 aromatic rings. The van der Waals surface area contributed by atoms with Gasteiger partial charge < -0.3 is 4.90 Å². The Labute approximate surface area is 105 Å². The van der Waals surface area contributed by atoms with Gasteiger partial charge in [-0.2, -0.15) is 0 Å². The maximum absolute atomic E-state index is 12.2. The molecule has 2 aliphatic rings. The van der Waals surface area contributed by atoms with E-state index in [1.165, 1.54) is 32.1 Å². The molecule has 0 spiro atoms. The minimum atomic E-state index is 0.210. The summed E-state index contributed by atoms with van der Waals surface area (Å²) >= 11 is 0. The van der Waals surface area contributed by atoms with Crippen molar-refractivity contribution in [2.24, 2.45) is 5.92 Å². The second-order valence-corrected chi connectivity index (χ2v) is 5.84. The molecule has 2 rings (SSSR count). The lowest BCUT2D eigenvalue weighted by molar-refractivity contribution is -0.135. The number of carbonyl (C=O) groups excluding carboxylic acids is 1. The van der Waals surface area contributed by atoms with Crippen LogP contribution in [0.5, 0.6) is 0 Å². The Morgan fingerprint density at radius 3 is 2.53 bits per heavy atom. The highest BCUT2D eigenvalue weighted by atomic mass is 16.2. The van der Waals surface area contributed by atoms with Crippen molar-refractivity contribution < 1.29 is 4.79 Å². The van der Waals surface area contributed by atoms with Crippen molar-refractivity contribution in [1.82, 2.24) is 4.90 Å². The van der Waals surface area contributed by atoms with Crippen LogP contribution in [-0.4, -0.2) is 22.9 Å². The Kier molecular flexibility index (Phi) is 3.90. The molecule has 0 aromatic heterocycles. The van der Waals surface area contributed by atoms with Crippen LogP contribution in [0, 0.1) is 5.92 Å². The predicted octanol–water partition coefficient (Wildman–Crippen LogP) is 3.52. The van der Waals surface area contributed by atoms with E-state index in [0.29, 0.717) is 18.0 Å².